The monoisotopic (exact) mass is 387 g/mol. The summed E-state index contributed by atoms with van der Waals surface area (Å²) in [6.07, 6.45) is 1.76. The first-order valence-corrected chi connectivity index (χ1v) is 9.81. The van der Waals surface area contributed by atoms with Gasteiger partial charge in [-0.3, -0.25) is 0 Å². The SMILES string of the molecule is CCCOc1cc(Cl)c(CNCCc2nc3ccccc3[nH]2)cc1OCC. The Balaban J connectivity index is 1.58. The van der Waals surface area contributed by atoms with Crippen LogP contribution in [0.5, 0.6) is 11.5 Å². The highest BCUT2D eigenvalue weighted by molar-refractivity contribution is 6.31. The van der Waals surface area contributed by atoms with Gasteiger partial charge in [0.2, 0.25) is 0 Å². The molecule has 3 rings (SSSR count). The first-order valence-electron chi connectivity index (χ1n) is 9.43. The summed E-state index contributed by atoms with van der Waals surface area (Å²) in [4.78, 5) is 7.94. The number of aromatic amines is 1. The zero-order chi connectivity index (χ0) is 19.1. The maximum atomic E-state index is 6.44. The van der Waals surface area contributed by atoms with Crippen LogP contribution in [0, 0.1) is 0 Å². The minimum Gasteiger partial charge on any atom is -0.490 e. The predicted molar refractivity (Wildman–Crippen MR) is 110 cm³/mol. The van der Waals surface area contributed by atoms with E-state index < -0.39 is 0 Å². The fourth-order valence-corrected chi connectivity index (χ4v) is 3.08. The number of ether oxygens (including phenoxy) is 2. The number of aromatic nitrogens is 2. The average Bonchev–Trinajstić information content (AvgIpc) is 3.09. The van der Waals surface area contributed by atoms with Crippen molar-refractivity contribution < 1.29 is 9.47 Å². The van der Waals surface area contributed by atoms with Gasteiger partial charge in [-0.2, -0.15) is 0 Å². The maximum Gasteiger partial charge on any atom is 0.162 e. The molecule has 0 amide bonds. The van der Waals surface area contributed by atoms with Crippen molar-refractivity contribution >= 4 is 22.6 Å². The summed E-state index contributed by atoms with van der Waals surface area (Å²) in [5.74, 6) is 2.42. The molecule has 0 spiro atoms. The fourth-order valence-electron chi connectivity index (χ4n) is 2.86. The number of para-hydroxylation sites is 2. The molecule has 0 bridgehead atoms. The van der Waals surface area contributed by atoms with Crippen LogP contribution in [0.2, 0.25) is 5.02 Å². The number of benzene rings is 2. The number of nitrogens with one attached hydrogen (secondary N) is 2. The van der Waals surface area contributed by atoms with Crippen molar-refractivity contribution in [3.63, 3.8) is 0 Å². The Kier molecular flexibility index (Phi) is 6.96. The molecule has 1 heterocycles. The van der Waals surface area contributed by atoms with E-state index in [-0.39, 0.29) is 0 Å². The Morgan fingerprint density at radius 2 is 1.93 bits per heavy atom. The Hall–Kier alpha value is -2.24. The summed E-state index contributed by atoms with van der Waals surface area (Å²) >= 11 is 6.44. The predicted octanol–water partition coefficient (Wildman–Crippen LogP) is 4.74. The number of hydrogen-bond donors (Lipinski definition) is 2. The van der Waals surface area contributed by atoms with Gasteiger partial charge >= 0.3 is 0 Å². The highest BCUT2D eigenvalue weighted by Crippen LogP contribution is 2.33. The number of rotatable bonds is 10. The molecule has 0 unspecified atom stereocenters. The molecular formula is C21H26ClN3O2. The molecule has 0 saturated heterocycles. The second kappa shape index (κ2) is 9.62. The van der Waals surface area contributed by atoms with Crippen molar-refractivity contribution in [2.75, 3.05) is 19.8 Å². The van der Waals surface area contributed by atoms with Crippen LogP contribution in [0.25, 0.3) is 11.0 Å². The first kappa shape index (κ1) is 19.5. The molecule has 0 radical (unpaired) electrons. The van der Waals surface area contributed by atoms with Gasteiger partial charge in [-0.15, -0.1) is 0 Å². The van der Waals surface area contributed by atoms with Crippen molar-refractivity contribution in [3.05, 3.63) is 52.8 Å². The van der Waals surface area contributed by atoms with Crippen LogP contribution in [0.15, 0.2) is 36.4 Å². The molecule has 0 aliphatic heterocycles. The zero-order valence-electron chi connectivity index (χ0n) is 15.8. The van der Waals surface area contributed by atoms with Gasteiger partial charge in [0.05, 0.1) is 24.2 Å². The van der Waals surface area contributed by atoms with Crippen molar-refractivity contribution in [3.8, 4) is 11.5 Å². The van der Waals surface area contributed by atoms with Crippen LogP contribution in [0.1, 0.15) is 31.7 Å². The van der Waals surface area contributed by atoms with E-state index in [1.807, 2.05) is 43.3 Å². The third-order valence-electron chi connectivity index (χ3n) is 4.17. The lowest BCUT2D eigenvalue weighted by atomic mass is 10.2. The number of imidazole rings is 1. The molecule has 2 aromatic carbocycles. The third kappa shape index (κ3) is 5.15. The smallest absolute Gasteiger partial charge is 0.162 e. The summed E-state index contributed by atoms with van der Waals surface area (Å²) in [7, 11) is 0. The number of hydrogen-bond acceptors (Lipinski definition) is 4. The van der Waals surface area contributed by atoms with Crippen molar-refractivity contribution in [1.82, 2.24) is 15.3 Å². The normalized spacial score (nSPS) is 11.1. The van der Waals surface area contributed by atoms with Crippen LogP contribution in [-0.2, 0) is 13.0 Å². The highest BCUT2D eigenvalue weighted by atomic mass is 35.5. The van der Waals surface area contributed by atoms with Crippen LogP contribution in [-0.4, -0.2) is 29.7 Å². The molecule has 27 heavy (non-hydrogen) atoms. The van der Waals surface area contributed by atoms with Gasteiger partial charge in [0.25, 0.3) is 0 Å². The first-order chi connectivity index (χ1) is 13.2. The third-order valence-corrected chi connectivity index (χ3v) is 4.52. The molecule has 0 aliphatic carbocycles. The second-order valence-electron chi connectivity index (χ2n) is 6.30. The molecule has 6 heteroatoms. The van der Waals surface area contributed by atoms with Crippen LogP contribution >= 0.6 is 11.6 Å². The van der Waals surface area contributed by atoms with Crippen molar-refractivity contribution in [2.45, 2.75) is 33.2 Å². The van der Waals surface area contributed by atoms with Crippen LogP contribution in [0.4, 0.5) is 0 Å². The minimum atomic E-state index is 0.586. The molecule has 144 valence electrons. The lowest BCUT2D eigenvalue weighted by Crippen LogP contribution is -2.17. The maximum absolute atomic E-state index is 6.44. The number of fused-ring (bicyclic) bond motifs is 1. The van der Waals surface area contributed by atoms with E-state index in [9.17, 15) is 0 Å². The van der Waals surface area contributed by atoms with Crippen molar-refractivity contribution in [2.24, 2.45) is 0 Å². The summed E-state index contributed by atoms with van der Waals surface area (Å²) in [6, 6.07) is 11.9. The Morgan fingerprint density at radius 1 is 1.11 bits per heavy atom. The summed E-state index contributed by atoms with van der Waals surface area (Å²) in [5.41, 5.74) is 3.06. The van der Waals surface area contributed by atoms with Gasteiger partial charge < -0.3 is 19.8 Å². The average molecular weight is 388 g/mol. The standard InChI is InChI=1S/C21H26ClN3O2/c1-3-11-27-20-13-16(22)15(12-19(20)26-4-2)14-23-10-9-21-24-17-7-5-6-8-18(17)25-21/h5-8,12-13,23H,3-4,9-11,14H2,1-2H3,(H,24,25). The van der Waals surface area contributed by atoms with Gasteiger partial charge in [-0.1, -0.05) is 30.7 Å². The zero-order valence-corrected chi connectivity index (χ0v) is 16.6. The van der Waals surface area contributed by atoms with E-state index >= 15 is 0 Å². The van der Waals surface area contributed by atoms with E-state index in [2.05, 4.69) is 22.2 Å². The molecular weight excluding hydrogens is 362 g/mol. The quantitative estimate of drug-likeness (QED) is 0.493. The fraction of sp³-hybridized carbons (Fsp3) is 0.381. The lowest BCUT2D eigenvalue weighted by molar-refractivity contribution is 0.276. The van der Waals surface area contributed by atoms with Gasteiger partial charge in [-0.25, -0.2) is 4.98 Å². The molecule has 1 aromatic heterocycles. The van der Waals surface area contributed by atoms with E-state index in [0.717, 1.165) is 47.6 Å². The van der Waals surface area contributed by atoms with Crippen LogP contribution in [0.3, 0.4) is 0 Å². The van der Waals surface area contributed by atoms with E-state index in [1.165, 1.54) is 0 Å². The van der Waals surface area contributed by atoms with E-state index in [1.54, 1.807) is 0 Å². The van der Waals surface area contributed by atoms with E-state index in [4.69, 9.17) is 21.1 Å². The molecule has 5 nitrogen and oxygen atoms in total. The number of nitrogens with zero attached hydrogens (tertiary/aromatic N) is 1. The van der Waals surface area contributed by atoms with Crippen LogP contribution < -0.4 is 14.8 Å². The van der Waals surface area contributed by atoms with Crippen molar-refractivity contribution in [1.29, 1.82) is 0 Å². The van der Waals surface area contributed by atoms with Gasteiger partial charge in [0, 0.05) is 30.6 Å². The molecule has 3 aromatic rings. The number of halogens is 1. The molecule has 2 N–H and O–H groups in total. The topological polar surface area (TPSA) is 59.2 Å². The lowest BCUT2D eigenvalue weighted by Gasteiger charge is -2.15. The molecule has 0 atom stereocenters. The summed E-state index contributed by atoms with van der Waals surface area (Å²) in [6.45, 7) is 6.72. The van der Waals surface area contributed by atoms with Gasteiger partial charge in [0.15, 0.2) is 11.5 Å². The minimum absolute atomic E-state index is 0.586. The molecule has 0 saturated carbocycles. The summed E-state index contributed by atoms with van der Waals surface area (Å²) in [5, 5.41) is 4.11. The Bertz CT molecular complexity index is 846. The Morgan fingerprint density at radius 3 is 2.70 bits per heavy atom. The molecule has 0 fully saturated rings. The second-order valence-corrected chi connectivity index (χ2v) is 6.71. The Labute approximate surface area is 165 Å². The highest BCUT2D eigenvalue weighted by Gasteiger charge is 2.11. The van der Waals surface area contributed by atoms with Gasteiger partial charge in [0.1, 0.15) is 5.82 Å². The van der Waals surface area contributed by atoms with E-state index in [0.29, 0.717) is 30.5 Å². The summed E-state index contributed by atoms with van der Waals surface area (Å²) < 4.78 is 11.5. The largest absolute Gasteiger partial charge is 0.490 e. The number of H-pyrrole nitrogens is 1. The van der Waals surface area contributed by atoms with Gasteiger partial charge in [-0.05, 0) is 37.1 Å². The molecule has 0 aliphatic rings.